The Morgan fingerprint density at radius 1 is 1.31 bits per heavy atom. The minimum atomic E-state index is -5.08. The van der Waals surface area contributed by atoms with Gasteiger partial charge in [0, 0.05) is 6.04 Å². The number of hydrogen-bond acceptors (Lipinski definition) is 3. The van der Waals surface area contributed by atoms with Gasteiger partial charge in [-0.15, -0.1) is 0 Å². The maximum atomic E-state index is 10.6. The summed E-state index contributed by atoms with van der Waals surface area (Å²) in [5, 5.41) is 10.3. The number of carboxylic acids is 1. The molecule has 0 aromatic carbocycles. The molecule has 4 N–H and O–H groups in total. The molecule has 3 atom stereocenters. The Kier molecular flexibility index (Phi) is 3.41. The van der Waals surface area contributed by atoms with E-state index in [0.717, 1.165) is 12.3 Å². The van der Waals surface area contributed by atoms with E-state index in [9.17, 15) is 18.0 Å². The van der Waals surface area contributed by atoms with E-state index in [1.807, 2.05) is 0 Å². The van der Waals surface area contributed by atoms with Crippen LogP contribution in [0.1, 0.15) is 12.8 Å². The van der Waals surface area contributed by atoms with Gasteiger partial charge in [-0.1, -0.05) is 0 Å². The number of aliphatic carboxylic acids is 1. The monoisotopic (exact) mass is 240 g/mol. The molecule has 1 amide bonds. The molecule has 1 aliphatic heterocycles. The zero-order valence-corrected chi connectivity index (χ0v) is 8.12. The summed E-state index contributed by atoms with van der Waals surface area (Å²) in [6, 6.07) is 0.608. The summed E-state index contributed by atoms with van der Waals surface area (Å²) in [5.74, 6) is -2.18. The molecule has 1 heterocycles. The van der Waals surface area contributed by atoms with Gasteiger partial charge in [-0.05, 0) is 18.8 Å². The maximum Gasteiger partial charge on any atom is 0.490 e. The first kappa shape index (κ1) is 12.8. The summed E-state index contributed by atoms with van der Waals surface area (Å²) in [4.78, 5) is 19.4. The van der Waals surface area contributed by atoms with Crippen LogP contribution >= 0.6 is 0 Å². The molecule has 0 unspecified atom stereocenters. The van der Waals surface area contributed by atoms with Crippen molar-refractivity contribution >= 4 is 11.9 Å². The zero-order valence-electron chi connectivity index (χ0n) is 8.12. The highest BCUT2D eigenvalue weighted by Gasteiger charge is 2.47. The molecule has 16 heavy (non-hydrogen) atoms. The molecule has 1 saturated carbocycles. The summed E-state index contributed by atoms with van der Waals surface area (Å²) in [5.41, 5.74) is 5.08. The zero-order chi connectivity index (χ0) is 12.5. The van der Waals surface area contributed by atoms with Crippen LogP contribution in [0.4, 0.5) is 13.2 Å². The summed E-state index contributed by atoms with van der Waals surface area (Å²) < 4.78 is 31.7. The Hall–Kier alpha value is -1.31. The normalized spacial score (nSPS) is 31.1. The molecule has 1 saturated heterocycles. The molecular formula is C8H11F3N2O3. The van der Waals surface area contributed by atoms with E-state index in [2.05, 4.69) is 5.32 Å². The summed E-state index contributed by atoms with van der Waals surface area (Å²) >= 11 is 0. The second-order valence-corrected chi connectivity index (χ2v) is 3.76. The van der Waals surface area contributed by atoms with Crippen molar-refractivity contribution in [2.75, 3.05) is 0 Å². The third kappa shape index (κ3) is 3.37. The molecule has 0 radical (unpaired) electrons. The van der Waals surface area contributed by atoms with E-state index < -0.39 is 12.1 Å². The number of nitrogens with one attached hydrogen (secondary N) is 1. The van der Waals surface area contributed by atoms with Crippen LogP contribution in [0.25, 0.3) is 0 Å². The summed E-state index contributed by atoms with van der Waals surface area (Å²) in [6.07, 6.45) is -2.86. The van der Waals surface area contributed by atoms with Gasteiger partial charge in [0.2, 0.25) is 5.91 Å². The van der Waals surface area contributed by atoms with E-state index in [1.54, 1.807) is 0 Å². The van der Waals surface area contributed by atoms with Gasteiger partial charge in [0.05, 0.1) is 6.04 Å². The number of carboxylic acid groups (broad SMARTS) is 1. The molecule has 8 heteroatoms. The van der Waals surface area contributed by atoms with Crippen molar-refractivity contribution in [3.63, 3.8) is 0 Å². The van der Waals surface area contributed by atoms with Crippen molar-refractivity contribution in [2.45, 2.75) is 31.1 Å². The molecule has 5 nitrogen and oxygen atoms in total. The number of hydrogen-bond donors (Lipinski definition) is 3. The Balaban J connectivity index is 0.000000168. The Morgan fingerprint density at radius 2 is 1.81 bits per heavy atom. The predicted molar refractivity (Wildman–Crippen MR) is 46.3 cm³/mol. The van der Waals surface area contributed by atoms with Gasteiger partial charge < -0.3 is 16.2 Å². The van der Waals surface area contributed by atoms with Crippen LogP contribution in [-0.4, -0.2) is 35.2 Å². The molecular weight excluding hydrogens is 229 g/mol. The first-order valence-corrected chi connectivity index (χ1v) is 4.57. The Morgan fingerprint density at radius 3 is 2.00 bits per heavy atom. The van der Waals surface area contributed by atoms with Crippen LogP contribution in [0.15, 0.2) is 0 Å². The molecule has 1 aliphatic carbocycles. The smallest absolute Gasteiger partial charge is 0.475 e. The van der Waals surface area contributed by atoms with Crippen molar-refractivity contribution < 1.29 is 27.9 Å². The molecule has 0 bridgehead atoms. The fourth-order valence-electron chi connectivity index (χ4n) is 1.54. The number of rotatable bonds is 1. The largest absolute Gasteiger partial charge is 0.490 e. The molecule has 2 aliphatic rings. The van der Waals surface area contributed by atoms with E-state index in [-0.39, 0.29) is 11.9 Å². The summed E-state index contributed by atoms with van der Waals surface area (Å²) in [6.45, 7) is 0. The number of fused-ring (bicyclic) bond motifs is 1. The third-order valence-corrected chi connectivity index (χ3v) is 2.46. The van der Waals surface area contributed by atoms with Crippen LogP contribution in [0.2, 0.25) is 0 Å². The molecule has 92 valence electrons. The predicted octanol–water partition coefficient (Wildman–Crippen LogP) is -0.145. The molecule has 0 aromatic heterocycles. The standard InChI is InChI=1S/C6H10N2O.C2HF3O2/c7-6(9)5-2-3-1-4(3)8-5;3-2(4,5)1(6)7/h3-5,8H,1-2H2,(H2,7,9);(H,6,7)/t3-,4-,5+;/m1./s1. The van der Waals surface area contributed by atoms with E-state index in [1.165, 1.54) is 6.42 Å². The number of piperidine rings is 1. The number of primary amides is 1. The van der Waals surface area contributed by atoms with Gasteiger partial charge in [-0.2, -0.15) is 13.2 Å². The Bertz CT molecular complexity index is 295. The van der Waals surface area contributed by atoms with Crippen molar-refractivity contribution in [1.82, 2.24) is 5.32 Å². The quantitative estimate of drug-likeness (QED) is 0.594. The average molecular weight is 240 g/mol. The summed E-state index contributed by atoms with van der Waals surface area (Å²) in [7, 11) is 0. The lowest BCUT2D eigenvalue weighted by Crippen LogP contribution is -2.38. The third-order valence-electron chi connectivity index (χ3n) is 2.46. The molecule has 2 rings (SSSR count). The van der Waals surface area contributed by atoms with Crippen LogP contribution in [-0.2, 0) is 9.59 Å². The SMILES string of the molecule is NC(=O)[C@@H]1C[C@H]2C[C@H]2N1.O=C(O)C(F)(F)F. The number of amides is 1. The fraction of sp³-hybridized carbons (Fsp3) is 0.750. The fourth-order valence-corrected chi connectivity index (χ4v) is 1.54. The lowest BCUT2D eigenvalue weighted by Gasteiger charge is -2.06. The van der Waals surface area contributed by atoms with Crippen LogP contribution in [0.5, 0.6) is 0 Å². The highest BCUT2D eigenvalue weighted by Crippen LogP contribution is 2.40. The number of halogens is 3. The van der Waals surface area contributed by atoms with Gasteiger partial charge in [-0.25, -0.2) is 4.79 Å². The highest BCUT2D eigenvalue weighted by atomic mass is 19.4. The minimum absolute atomic E-state index is 0.0197. The molecule has 0 spiro atoms. The minimum Gasteiger partial charge on any atom is -0.475 e. The first-order chi connectivity index (χ1) is 7.21. The van der Waals surface area contributed by atoms with Crippen molar-refractivity contribution in [3.05, 3.63) is 0 Å². The van der Waals surface area contributed by atoms with Crippen LogP contribution < -0.4 is 11.1 Å². The van der Waals surface area contributed by atoms with Gasteiger partial charge in [-0.3, -0.25) is 4.79 Å². The second kappa shape index (κ2) is 4.28. The average Bonchev–Trinajstić information content (AvgIpc) is 2.72. The van der Waals surface area contributed by atoms with E-state index in [0.29, 0.717) is 6.04 Å². The second-order valence-electron chi connectivity index (χ2n) is 3.76. The molecule has 2 fully saturated rings. The van der Waals surface area contributed by atoms with Crippen molar-refractivity contribution in [3.8, 4) is 0 Å². The van der Waals surface area contributed by atoms with E-state index in [4.69, 9.17) is 15.6 Å². The number of carbonyl (C=O) groups is 2. The van der Waals surface area contributed by atoms with Crippen molar-refractivity contribution in [1.29, 1.82) is 0 Å². The number of nitrogens with two attached hydrogens (primary N) is 1. The number of carbonyl (C=O) groups excluding carboxylic acids is 1. The lowest BCUT2D eigenvalue weighted by molar-refractivity contribution is -0.192. The molecule has 0 aromatic rings. The Labute approximate surface area is 88.8 Å². The topological polar surface area (TPSA) is 92.4 Å². The lowest BCUT2D eigenvalue weighted by atomic mass is 10.2. The van der Waals surface area contributed by atoms with Gasteiger partial charge in [0.25, 0.3) is 0 Å². The van der Waals surface area contributed by atoms with Crippen LogP contribution in [0.3, 0.4) is 0 Å². The van der Waals surface area contributed by atoms with E-state index >= 15 is 0 Å². The first-order valence-electron chi connectivity index (χ1n) is 4.57. The number of alkyl halides is 3. The van der Waals surface area contributed by atoms with Crippen molar-refractivity contribution in [2.24, 2.45) is 11.7 Å². The van der Waals surface area contributed by atoms with Gasteiger partial charge in [0.15, 0.2) is 0 Å². The maximum absolute atomic E-state index is 10.6. The van der Waals surface area contributed by atoms with Crippen LogP contribution in [0, 0.1) is 5.92 Å². The highest BCUT2D eigenvalue weighted by molar-refractivity contribution is 5.80. The van der Waals surface area contributed by atoms with Gasteiger partial charge >= 0.3 is 12.1 Å². The van der Waals surface area contributed by atoms with Gasteiger partial charge in [0.1, 0.15) is 0 Å².